The molecule has 7 nitrogen and oxygen atoms in total. The second kappa shape index (κ2) is 4.22. The summed E-state index contributed by atoms with van der Waals surface area (Å²) < 4.78 is 0. The molecule has 1 atom stereocenters. The van der Waals surface area contributed by atoms with Crippen molar-refractivity contribution in [1.29, 1.82) is 0 Å². The summed E-state index contributed by atoms with van der Waals surface area (Å²) in [5.41, 5.74) is 7.03. The number of benzene rings is 1. The third-order valence-corrected chi connectivity index (χ3v) is 3.68. The van der Waals surface area contributed by atoms with E-state index in [2.05, 4.69) is 5.32 Å². The van der Waals surface area contributed by atoms with E-state index < -0.39 is 11.9 Å². The molecular formula is C13H13N3O4. The van der Waals surface area contributed by atoms with E-state index in [-0.39, 0.29) is 30.5 Å². The van der Waals surface area contributed by atoms with Crippen molar-refractivity contribution in [3.05, 3.63) is 23.3 Å². The van der Waals surface area contributed by atoms with Gasteiger partial charge in [0, 0.05) is 30.3 Å². The fourth-order valence-electron chi connectivity index (χ4n) is 2.67. The van der Waals surface area contributed by atoms with Crippen molar-refractivity contribution in [3.63, 3.8) is 0 Å². The number of carbonyl (C=O) groups is 3. The van der Waals surface area contributed by atoms with Gasteiger partial charge in [-0.1, -0.05) is 0 Å². The molecule has 0 spiro atoms. The number of nitrogens with zero attached hydrogens (tertiary/aromatic N) is 1. The Bertz CT molecular complexity index is 641. The Morgan fingerprint density at radius 2 is 2.05 bits per heavy atom. The van der Waals surface area contributed by atoms with Gasteiger partial charge < -0.3 is 15.7 Å². The second-order valence-electron chi connectivity index (χ2n) is 4.96. The second-order valence-corrected chi connectivity index (χ2v) is 4.96. The zero-order valence-corrected chi connectivity index (χ0v) is 10.5. The fraction of sp³-hybridized carbons (Fsp3) is 0.308. The highest BCUT2D eigenvalue weighted by atomic mass is 16.3. The van der Waals surface area contributed by atoms with Gasteiger partial charge in [-0.3, -0.25) is 19.7 Å². The maximum absolute atomic E-state index is 12.3. The molecule has 1 unspecified atom stereocenters. The van der Waals surface area contributed by atoms with Crippen molar-refractivity contribution >= 4 is 23.4 Å². The minimum atomic E-state index is -0.672. The van der Waals surface area contributed by atoms with Gasteiger partial charge in [0.2, 0.25) is 11.8 Å². The Morgan fingerprint density at radius 3 is 2.75 bits per heavy atom. The van der Waals surface area contributed by atoms with E-state index in [9.17, 15) is 19.5 Å². The number of carbonyl (C=O) groups excluding carboxylic acids is 3. The molecule has 4 N–H and O–H groups in total. The average Bonchev–Trinajstić information content (AvgIpc) is 2.68. The number of fused-ring (bicyclic) bond motifs is 1. The molecule has 104 valence electrons. The summed E-state index contributed by atoms with van der Waals surface area (Å²) in [5, 5.41) is 11.7. The standard InChI is InChI=1S/C13H13N3O4/c14-9-4-6(17)3-7-8(9)5-16(13(7)20)10-1-2-11(18)15-12(10)19/h3-4,10,17H,1-2,5,14H2,(H,15,18,19). The van der Waals surface area contributed by atoms with Gasteiger partial charge in [-0.15, -0.1) is 0 Å². The van der Waals surface area contributed by atoms with Crippen LogP contribution in [0.3, 0.4) is 0 Å². The number of rotatable bonds is 1. The summed E-state index contributed by atoms with van der Waals surface area (Å²) in [6.45, 7) is 0.215. The maximum Gasteiger partial charge on any atom is 0.255 e. The summed E-state index contributed by atoms with van der Waals surface area (Å²) in [7, 11) is 0. The van der Waals surface area contributed by atoms with Gasteiger partial charge in [0.25, 0.3) is 5.91 Å². The van der Waals surface area contributed by atoms with Crippen LogP contribution in [0, 0.1) is 0 Å². The maximum atomic E-state index is 12.3. The Morgan fingerprint density at radius 1 is 1.30 bits per heavy atom. The van der Waals surface area contributed by atoms with Crippen LogP contribution >= 0.6 is 0 Å². The molecule has 2 heterocycles. The number of piperidine rings is 1. The number of phenolic OH excluding ortho intramolecular Hbond substituents is 1. The topological polar surface area (TPSA) is 113 Å². The molecule has 7 heteroatoms. The number of amides is 3. The van der Waals surface area contributed by atoms with Crippen molar-refractivity contribution in [3.8, 4) is 5.75 Å². The molecule has 0 bridgehead atoms. The zero-order chi connectivity index (χ0) is 14.4. The molecule has 1 fully saturated rings. The molecule has 0 aromatic heterocycles. The van der Waals surface area contributed by atoms with Crippen LogP contribution in [-0.2, 0) is 16.1 Å². The van der Waals surface area contributed by atoms with Crippen LogP contribution in [0.5, 0.6) is 5.75 Å². The quantitative estimate of drug-likeness (QED) is 0.482. The molecule has 3 rings (SSSR count). The molecule has 3 amide bonds. The summed E-state index contributed by atoms with van der Waals surface area (Å²) in [6.07, 6.45) is 0.507. The van der Waals surface area contributed by atoms with E-state index >= 15 is 0 Å². The minimum Gasteiger partial charge on any atom is -0.508 e. The Kier molecular flexibility index (Phi) is 2.63. The number of nitrogens with one attached hydrogen (secondary N) is 1. The third kappa shape index (κ3) is 1.78. The van der Waals surface area contributed by atoms with Crippen molar-refractivity contribution in [1.82, 2.24) is 10.2 Å². The number of nitrogen functional groups attached to an aromatic ring is 1. The van der Waals surface area contributed by atoms with Gasteiger partial charge in [-0.05, 0) is 12.5 Å². The van der Waals surface area contributed by atoms with Gasteiger partial charge in [0.05, 0.1) is 5.56 Å². The Labute approximate surface area is 114 Å². The van der Waals surface area contributed by atoms with Crippen LogP contribution in [0.15, 0.2) is 12.1 Å². The predicted octanol–water partition coefficient (Wildman–Crippen LogP) is -0.265. The van der Waals surface area contributed by atoms with Crippen molar-refractivity contribution in [2.24, 2.45) is 0 Å². The van der Waals surface area contributed by atoms with Crippen LogP contribution in [-0.4, -0.2) is 33.8 Å². The number of anilines is 1. The minimum absolute atomic E-state index is 0.0836. The third-order valence-electron chi connectivity index (χ3n) is 3.68. The summed E-state index contributed by atoms with van der Waals surface area (Å²) >= 11 is 0. The van der Waals surface area contributed by atoms with E-state index in [0.717, 1.165) is 0 Å². The van der Waals surface area contributed by atoms with E-state index in [1.807, 2.05) is 0 Å². The smallest absolute Gasteiger partial charge is 0.255 e. The number of hydrogen-bond donors (Lipinski definition) is 3. The normalized spacial score (nSPS) is 21.9. The van der Waals surface area contributed by atoms with Crippen molar-refractivity contribution in [2.45, 2.75) is 25.4 Å². The molecule has 1 aromatic rings. The lowest BCUT2D eigenvalue weighted by atomic mass is 10.0. The summed E-state index contributed by atoms with van der Waals surface area (Å²) in [6, 6.07) is 2.05. The molecule has 0 radical (unpaired) electrons. The van der Waals surface area contributed by atoms with Gasteiger partial charge in [0.15, 0.2) is 0 Å². The molecule has 2 aliphatic heterocycles. The molecule has 1 saturated heterocycles. The lowest BCUT2D eigenvalue weighted by molar-refractivity contribution is -0.136. The fourth-order valence-corrected chi connectivity index (χ4v) is 2.67. The van der Waals surface area contributed by atoms with Crippen LogP contribution in [0.4, 0.5) is 5.69 Å². The summed E-state index contributed by atoms with van der Waals surface area (Å²) in [5.74, 6) is -1.23. The van der Waals surface area contributed by atoms with Gasteiger partial charge in [-0.2, -0.15) is 0 Å². The number of phenols is 1. The van der Waals surface area contributed by atoms with E-state index in [1.54, 1.807) is 0 Å². The molecule has 2 aliphatic rings. The number of aromatic hydroxyl groups is 1. The molecule has 0 saturated carbocycles. The first-order valence-electron chi connectivity index (χ1n) is 6.23. The van der Waals surface area contributed by atoms with Gasteiger partial charge in [0.1, 0.15) is 11.8 Å². The van der Waals surface area contributed by atoms with Crippen LogP contribution in [0.25, 0.3) is 0 Å². The van der Waals surface area contributed by atoms with Gasteiger partial charge >= 0.3 is 0 Å². The number of hydrogen-bond acceptors (Lipinski definition) is 5. The van der Waals surface area contributed by atoms with Crippen LogP contribution < -0.4 is 11.1 Å². The van der Waals surface area contributed by atoms with Crippen LogP contribution in [0.2, 0.25) is 0 Å². The molecular weight excluding hydrogens is 262 g/mol. The molecule has 0 aliphatic carbocycles. The highest BCUT2D eigenvalue weighted by Crippen LogP contribution is 2.33. The van der Waals surface area contributed by atoms with E-state index in [4.69, 9.17) is 5.73 Å². The van der Waals surface area contributed by atoms with Gasteiger partial charge in [-0.25, -0.2) is 0 Å². The number of imide groups is 1. The zero-order valence-electron chi connectivity index (χ0n) is 10.5. The highest BCUT2D eigenvalue weighted by Gasteiger charge is 2.39. The largest absolute Gasteiger partial charge is 0.508 e. The SMILES string of the molecule is Nc1cc(O)cc2c1CN(C1CCC(=O)NC1=O)C2=O. The Hall–Kier alpha value is -2.57. The lowest BCUT2D eigenvalue weighted by Gasteiger charge is -2.29. The van der Waals surface area contributed by atoms with Crippen molar-refractivity contribution < 1.29 is 19.5 Å². The van der Waals surface area contributed by atoms with E-state index in [0.29, 0.717) is 23.2 Å². The van der Waals surface area contributed by atoms with Crippen molar-refractivity contribution in [2.75, 3.05) is 5.73 Å². The lowest BCUT2D eigenvalue weighted by Crippen LogP contribution is -2.52. The van der Waals surface area contributed by atoms with Crippen LogP contribution in [0.1, 0.15) is 28.8 Å². The predicted molar refractivity (Wildman–Crippen MR) is 68.6 cm³/mol. The highest BCUT2D eigenvalue weighted by molar-refractivity contribution is 6.06. The first-order chi connectivity index (χ1) is 9.47. The summed E-state index contributed by atoms with van der Waals surface area (Å²) in [4.78, 5) is 36.7. The van der Waals surface area contributed by atoms with E-state index in [1.165, 1.54) is 17.0 Å². The number of nitrogens with two attached hydrogens (primary N) is 1. The monoisotopic (exact) mass is 275 g/mol. The first kappa shape index (κ1) is 12.5. The molecule has 20 heavy (non-hydrogen) atoms. The first-order valence-corrected chi connectivity index (χ1v) is 6.23. The average molecular weight is 275 g/mol. The Balaban J connectivity index is 1.92. The molecule has 1 aromatic carbocycles.